The summed E-state index contributed by atoms with van der Waals surface area (Å²) in [5.41, 5.74) is -0.521. The minimum atomic E-state index is -0.807. The Morgan fingerprint density at radius 1 is 1.29 bits per heavy atom. The number of aromatic nitrogens is 3. The third kappa shape index (κ3) is 7.19. The molecule has 0 aliphatic carbocycles. The number of amides is 1. The number of hydrogen-bond donors (Lipinski definition) is 1. The zero-order chi connectivity index (χ0) is 24.9. The van der Waals surface area contributed by atoms with Gasteiger partial charge in [0.2, 0.25) is 0 Å². The number of nitrogens with zero attached hydrogens (tertiary/aromatic N) is 6. The molecule has 1 aliphatic rings. The van der Waals surface area contributed by atoms with Crippen LogP contribution in [0.25, 0.3) is 0 Å². The van der Waals surface area contributed by atoms with Crippen LogP contribution in [0.4, 0.5) is 16.4 Å². The number of halogens is 1. The van der Waals surface area contributed by atoms with Crippen molar-refractivity contribution in [3.05, 3.63) is 39.9 Å². The number of aryl methyl sites for hydroxylation is 1. The van der Waals surface area contributed by atoms with Crippen molar-refractivity contribution in [2.75, 3.05) is 37.7 Å². The van der Waals surface area contributed by atoms with Crippen LogP contribution in [0.2, 0.25) is 5.28 Å². The zero-order valence-corrected chi connectivity index (χ0v) is 20.1. The van der Waals surface area contributed by atoms with Crippen LogP contribution in [0, 0.1) is 10.1 Å². The molecule has 1 saturated heterocycles. The van der Waals surface area contributed by atoms with E-state index < -0.39 is 16.6 Å². The number of carbonyl (C=O) groups excluding carboxylic acids is 1. The average Bonchev–Trinajstić information content (AvgIpc) is 3.16. The first-order valence-electron chi connectivity index (χ1n) is 10.9. The van der Waals surface area contributed by atoms with Gasteiger partial charge in [-0.3, -0.25) is 4.57 Å². The Bertz CT molecular complexity index is 985. The topological polar surface area (TPSA) is 136 Å². The third-order valence-electron chi connectivity index (χ3n) is 5.02. The van der Waals surface area contributed by atoms with Gasteiger partial charge in [0.05, 0.1) is 12.3 Å². The smallest absolute Gasteiger partial charge is 0.410 e. The number of rotatable bonds is 8. The molecule has 1 fully saturated rings. The SMILES string of the molecule is CC(C)(C)OC(=O)N1CCN(c2ccc(OCC(O)CCn3cc([N+](=O)[O-])nc3Cl)cn2)CC1. The second-order valence-electron chi connectivity index (χ2n) is 8.88. The summed E-state index contributed by atoms with van der Waals surface area (Å²) in [6.07, 6.45) is 1.97. The maximum absolute atomic E-state index is 12.2. The molecule has 2 aromatic rings. The number of anilines is 1. The Balaban J connectivity index is 1.42. The first-order chi connectivity index (χ1) is 16.0. The lowest BCUT2D eigenvalue weighted by molar-refractivity contribution is -0.389. The van der Waals surface area contributed by atoms with Crippen molar-refractivity contribution < 1.29 is 24.3 Å². The number of aliphatic hydroxyl groups is 1. The van der Waals surface area contributed by atoms with Gasteiger partial charge in [0, 0.05) is 32.7 Å². The minimum Gasteiger partial charge on any atom is -0.489 e. The maximum atomic E-state index is 12.2. The third-order valence-corrected chi connectivity index (χ3v) is 5.33. The number of piperazine rings is 1. The van der Waals surface area contributed by atoms with Gasteiger partial charge < -0.3 is 34.5 Å². The van der Waals surface area contributed by atoms with Crippen LogP contribution in [-0.2, 0) is 11.3 Å². The van der Waals surface area contributed by atoms with Gasteiger partial charge in [0.25, 0.3) is 0 Å². The second-order valence-corrected chi connectivity index (χ2v) is 9.22. The first kappa shape index (κ1) is 25.5. The van der Waals surface area contributed by atoms with Crippen LogP contribution in [0.5, 0.6) is 5.75 Å². The Kier molecular flexibility index (Phi) is 8.15. The van der Waals surface area contributed by atoms with Crippen LogP contribution >= 0.6 is 11.6 Å². The molecule has 1 aliphatic heterocycles. The number of carbonyl (C=O) groups is 1. The van der Waals surface area contributed by atoms with Gasteiger partial charge in [-0.05, 0) is 60.8 Å². The first-order valence-corrected chi connectivity index (χ1v) is 11.3. The fraction of sp³-hybridized carbons (Fsp3) is 0.571. The number of pyridine rings is 1. The molecule has 0 bridgehead atoms. The average molecular weight is 497 g/mol. The van der Waals surface area contributed by atoms with E-state index in [0.717, 1.165) is 5.82 Å². The largest absolute Gasteiger partial charge is 0.489 e. The van der Waals surface area contributed by atoms with Crippen molar-refractivity contribution in [1.29, 1.82) is 0 Å². The van der Waals surface area contributed by atoms with Crippen LogP contribution in [0.15, 0.2) is 24.5 Å². The van der Waals surface area contributed by atoms with Gasteiger partial charge >= 0.3 is 17.2 Å². The summed E-state index contributed by atoms with van der Waals surface area (Å²) < 4.78 is 12.4. The Hall–Kier alpha value is -3.12. The van der Waals surface area contributed by atoms with E-state index in [1.807, 2.05) is 26.8 Å². The van der Waals surface area contributed by atoms with Gasteiger partial charge in [0.15, 0.2) is 0 Å². The summed E-state index contributed by atoms with van der Waals surface area (Å²) in [6, 6.07) is 3.60. The summed E-state index contributed by atoms with van der Waals surface area (Å²) >= 11 is 5.87. The predicted molar refractivity (Wildman–Crippen MR) is 124 cm³/mol. The standard InChI is InChI=1S/C21H29ClN6O6/c1-21(2,3)34-20(30)26-10-8-25(9-11-26)17-5-4-16(12-23-17)33-14-15(29)6-7-27-13-18(28(31)32)24-19(27)22/h4-5,12-13,15,29H,6-11,14H2,1-3H3. The van der Waals surface area contributed by atoms with Gasteiger partial charge in [-0.1, -0.05) is 0 Å². The van der Waals surface area contributed by atoms with Gasteiger partial charge in [0.1, 0.15) is 30.0 Å². The Morgan fingerprint density at radius 3 is 2.56 bits per heavy atom. The van der Waals surface area contributed by atoms with Crippen LogP contribution in [0.3, 0.4) is 0 Å². The molecular formula is C21H29ClN6O6. The normalized spacial score (nSPS) is 15.2. The molecule has 0 saturated carbocycles. The van der Waals surface area contributed by atoms with Crippen molar-refractivity contribution in [2.24, 2.45) is 0 Å². The molecule has 3 heterocycles. The zero-order valence-electron chi connectivity index (χ0n) is 19.4. The lowest BCUT2D eigenvalue weighted by atomic mass is 10.2. The quantitative estimate of drug-likeness (QED) is 0.432. The highest BCUT2D eigenvalue weighted by Gasteiger charge is 2.26. The Labute approximate surface area is 202 Å². The van der Waals surface area contributed by atoms with Gasteiger partial charge in [-0.2, -0.15) is 0 Å². The molecule has 1 N–H and O–H groups in total. The molecule has 1 amide bonds. The van der Waals surface area contributed by atoms with Gasteiger partial charge in [-0.15, -0.1) is 0 Å². The van der Waals surface area contributed by atoms with Crippen molar-refractivity contribution >= 4 is 29.3 Å². The molecule has 34 heavy (non-hydrogen) atoms. The van der Waals surface area contributed by atoms with Crippen LogP contribution < -0.4 is 9.64 Å². The molecule has 1 unspecified atom stereocenters. The summed E-state index contributed by atoms with van der Waals surface area (Å²) in [6.45, 7) is 8.20. The second kappa shape index (κ2) is 10.9. The fourth-order valence-electron chi connectivity index (χ4n) is 3.28. The van der Waals surface area contributed by atoms with E-state index >= 15 is 0 Å². The number of hydrogen-bond acceptors (Lipinski definition) is 9. The van der Waals surface area contributed by atoms with E-state index in [0.29, 0.717) is 31.9 Å². The number of imidazole rings is 1. The maximum Gasteiger partial charge on any atom is 0.410 e. The van der Waals surface area contributed by atoms with E-state index in [1.54, 1.807) is 17.2 Å². The molecule has 186 valence electrons. The summed E-state index contributed by atoms with van der Waals surface area (Å²) in [5, 5.41) is 20.9. The van der Waals surface area contributed by atoms with Crippen molar-refractivity contribution in [2.45, 2.75) is 45.4 Å². The summed E-state index contributed by atoms with van der Waals surface area (Å²) in [4.78, 5) is 34.1. The van der Waals surface area contributed by atoms with E-state index in [4.69, 9.17) is 21.1 Å². The highest BCUT2D eigenvalue weighted by molar-refractivity contribution is 6.28. The molecule has 1 atom stereocenters. The van der Waals surface area contributed by atoms with Crippen LogP contribution in [0.1, 0.15) is 27.2 Å². The summed E-state index contributed by atoms with van der Waals surface area (Å²) in [7, 11) is 0. The van der Waals surface area contributed by atoms with Crippen molar-refractivity contribution in [3.8, 4) is 5.75 Å². The number of ether oxygens (including phenoxy) is 2. The monoisotopic (exact) mass is 496 g/mol. The Morgan fingerprint density at radius 2 is 2.00 bits per heavy atom. The van der Waals surface area contributed by atoms with E-state index in [1.165, 1.54) is 10.8 Å². The van der Waals surface area contributed by atoms with E-state index in [9.17, 15) is 20.0 Å². The lowest BCUT2D eigenvalue weighted by Crippen LogP contribution is -2.50. The highest BCUT2D eigenvalue weighted by Crippen LogP contribution is 2.20. The molecule has 12 nitrogen and oxygen atoms in total. The molecule has 3 rings (SSSR count). The van der Waals surface area contributed by atoms with Gasteiger partial charge in [-0.25, -0.2) is 9.78 Å². The molecule has 13 heteroatoms. The lowest BCUT2D eigenvalue weighted by Gasteiger charge is -2.36. The minimum absolute atomic E-state index is 0.00784. The number of nitro groups is 1. The summed E-state index contributed by atoms with van der Waals surface area (Å²) in [5.74, 6) is 0.938. The van der Waals surface area contributed by atoms with Crippen molar-refractivity contribution in [3.63, 3.8) is 0 Å². The van der Waals surface area contributed by atoms with Crippen molar-refractivity contribution in [1.82, 2.24) is 19.4 Å². The highest BCUT2D eigenvalue weighted by atomic mass is 35.5. The predicted octanol–water partition coefficient (Wildman–Crippen LogP) is 2.73. The molecule has 0 aromatic carbocycles. The molecular weight excluding hydrogens is 468 g/mol. The van der Waals surface area contributed by atoms with E-state index in [-0.39, 0.29) is 36.8 Å². The van der Waals surface area contributed by atoms with Crippen LogP contribution in [-0.4, -0.2) is 80.0 Å². The fourth-order valence-corrected chi connectivity index (χ4v) is 3.50. The number of aliphatic hydroxyl groups excluding tert-OH is 1. The molecule has 2 aromatic heterocycles. The van der Waals surface area contributed by atoms with E-state index in [2.05, 4.69) is 14.9 Å². The molecule has 0 spiro atoms. The molecule has 0 radical (unpaired) electrons.